The number of rotatable bonds is 4. The Balaban J connectivity index is 2.10. The second-order valence-electron chi connectivity index (χ2n) is 4.21. The molecule has 2 aromatic carbocycles. The summed E-state index contributed by atoms with van der Waals surface area (Å²) >= 11 is 2.30. The zero-order valence-corrected chi connectivity index (χ0v) is 12.4. The van der Waals surface area contributed by atoms with Crippen molar-refractivity contribution in [1.29, 1.82) is 0 Å². The molecule has 0 aliphatic rings. The lowest BCUT2D eigenvalue weighted by atomic mass is 10.00. The Morgan fingerprint density at radius 2 is 1.89 bits per heavy atom. The lowest BCUT2D eigenvalue weighted by Crippen LogP contribution is -2.13. The average molecular weight is 353 g/mol. The standard InChI is InChI=1S/C15H16INO/c1-18-14-4-2-3-11(9-14)10-15(17)12-5-7-13(16)8-6-12/h2-9,15H,10,17H2,1H3. The summed E-state index contributed by atoms with van der Waals surface area (Å²) in [6.07, 6.45) is 0.817. The third kappa shape index (κ3) is 3.46. The van der Waals surface area contributed by atoms with E-state index < -0.39 is 0 Å². The normalized spacial score (nSPS) is 12.2. The molecule has 0 saturated carbocycles. The minimum atomic E-state index is 0.0223. The van der Waals surface area contributed by atoms with Crippen molar-refractivity contribution in [2.75, 3.05) is 7.11 Å². The van der Waals surface area contributed by atoms with E-state index in [0.29, 0.717) is 0 Å². The molecule has 2 N–H and O–H groups in total. The van der Waals surface area contributed by atoms with Gasteiger partial charge < -0.3 is 10.5 Å². The first-order valence-corrected chi connectivity index (χ1v) is 6.91. The van der Waals surface area contributed by atoms with Crippen LogP contribution in [0.25, 0.3) is 0 Å². The van der Waals surface area contributed by atoms with Crippen LogP contribution in [0.3, 0.4) is 0 Å². The summed E-state index contributed by atoms with van der Waals surface area (Å²) in [5.41, 5.74) is 8.59. The highest BCUT2D eigenvalue weighted by atomic mass is 127. The van der Waals surface area contributed by atoms with Crippen LogP contribution in [-0.4, -0.2) is 7.11 Å². The molecule has 0 bridgehead atoms. The van der Waals surface area contributed by atoms with Gasteiger partial charge in [0.1, 0.15) is 5.75 Å². The van der Waals surface area contributed by atoms with Crippen molar-refractivity contribution < 1.29 is 4.74 Å². The highest BCUT2D eigenvalue weighted by molar-refractivity contribution is 14.1. The first kappa shape index (κ1) is 13.4. The third-order valence-corrected chi connectivity index (χ3v) is 3.61. The molecule has 3 heteroatoms. The van der Waals surface area contributed by atoms with Crippen molar-refractivity contribution in [1.82, 2.24) is 0 Å². The molecule has 2 rings (SSSR count). The van der Waals surface area contributed by atoms with Crippen LogP contribution >= 0.6 is 22.6 Å². The van der Waals surface area contributed by atoms with Crippen LogP contribution in [0.5, 0.6) is 5.75 Å². The van der Waals surface area contributed by atoms with E-state index in [4.69, 9.17) is 10.5 Å². The fourth-order valence-electron chi connectivity index (χ4n) is 1.88. The Morgan fingerprint density at radius 1 is 1.17 bits per heavy atom. The van der Waals surface area contributed by atoms with Crippen molar-refractivity contribution in [3.63, 3.8) is 0 Å². The summed E-state index contributed by atoms with van der Waals surface area (Å²) in [7, 11) is 1.68. The van der Waals surface area contributed by atoms with E-state index in [2.05, 4.69) is 52.9 Å². The topological polar surface area (TPSA) is 35.2 Å². The van der Waals surface area contributed by atoms with Crippen molar-refractivity contribution >= 4 is 22.6 Å². The lowest BCUT2D eigenvalue weighted by Gasteiger charge is -2.13. The molecule has 0 spiro atoms. The summed E-state index contributed by atoms with van der Waals surface area (Å²) < 4.78 is 6.44. The fraction of sp³-hybridized carbons (Fsp3) is 0.200. The molecule has 0 aliphatic heterocycles. The lowest BCUT2D eigenvalue weighted by molar-refractivity contribution is 0.414. The molecule has 2 aromatic rings. The molecule has 0 fully saturated rings. The number of hydrogen-bond acceptors (Lipinski definition) is 2. The van der Waals surface area contributed by atoms with E-state index in [0.717, 1.165) is 12.2 Å². The van der Waals surface area contributed by atoms with E-state index >= 15 is 0 Å². The van der Waals surface area contributed by atoms with Crippen LogP contribution in [0.4, 0.5) is 0 Å². The molecule has 0 radical (unpaired) electrons. The molecule has 1 atom stereocenters. The Morgan fingerprint density at radius 3 is 2.56 bits per heavy atom. The molecule has 2 nitrogen and oxygen atoms in total. The van der Waals surface area contributed by atoms with E-state index in [9.17, 15) is 0 Å². The van der Waals surface area contributed by atoms with Gasteiger partial charge in [-0.15, -0.1) is 0 Å². The van der Waals surface area contributed by atoms with Crippen LogP contribution < -0.4 is 10.5 Å². The highest BCUT2D eigenvalue weighted by Crippen LogP contribution is 2.20. The summed E-state index contributed by atoms with van der Waals surface area (Å²) in [6, 6.07) is 16.4. The quantitative estimate of drug-likeness (QED) is 0.854. The highest BCUT2D eigenvalue weighted by Gasteiger charge is 2.07. The van der Waals surface area contributed by atoms with Gasteiger partial charge in [0, 0.05) is 9.61 Å². The molecule has 1 unspecified atom stereocenters. The second-order valence-corrected chi connectivity index (χ2v) is 5.46. The van der Waals surface area contributed by atoms with Gasteiger partial charge >= 0.3 is 0 Å². The smallest absolute Gasteiger partial charge is 0.119 e. The molecule has 0 amide bonds. The molecule has 0 saturated heterocycles. The number of benzene rings is 2. The van der Waals surface area contributed by atoms with Crippen LogP contribution in [0.2, 0.25) is 0 Å². The maximum Gasteiger partial charge on any atom is 0.119 e. The van der Waals surface area contributed by atoms with E-state index in [1.165, 1.54) is 14.7 Å². The number of halogens is 1. The van der Waals surface area contributed by atoms with E-state index in [-0.39, 0.29) is 6.04 Å². The first-order valence-electron chi connectivity index (χ1n) is 5.83. The number of hydrogen-bond donors (Lipinski definition) is 1. The van der Waals surface area contributed by atoms with Gasteiger partial charge in [-0.25, -0.2) is 0 Å². The minimum absolute atomic E-state index is 0.0223. The Labute approximate surface area is 121 Å². The predicted molar refractivity (Wildman–Crippen MR) is 82.8 cm³/mol. The van der Waals surface area contributed by atoms with Crippen LogP contribution in [0.1, 0.15) is 17.2 Å². The van der Waals surface area contributed by atoms with Crippen molar-refractivity contribution in [3.8, 4) is 5.75 Å². The van der Waals surface area contributed by atoms with Gasteiger partial charge in [-0.1, -0.05) is 24.3 Å². The van der Waals surface area contributed by atoms with E-state index in [1.807, 2.05) is 18.2 Å². The number of methoxy groups -OCH3 is 1. The van der Waals surface area contributed by atoms with Gasteiger partial charge in [0.15, 0.2) is 0 Å². The predicted octanol–water partition coefficient (Wildman–Crippen LogP) is 3.54. The molecule has 94 valence electrons. The SMILES string of the molecule is COc1cccc(CC(N)c2ccc(I)cc2)c1. The zero-order valence-electron chi connectivity index (χ0n) is 10.3. The van der Waals surface area contributed by atoms with E-state index in [1.54, 1.807) is 7.11 Å². The van der Waals surface area contributed by atoms with Gasteiger partial charge in [0.25, 0.3) is 0 Å². The molecular weight excluding hydrogens is 337 g/mol. The van der Waals surface area contributed by atoms with Crippen LogP contribution in [0, 0.1) is 3.57 Å². The maximum absolute atomic E-state index is 6.23. The molecule has 0 aliphatic carbocycles. The second kappa shape index (κ2) is 6.20. The summed E-state index contributed by atoms with van der Waals surface area (Å²) in [5, 5.41) is 0. The van der Waals surface area contributed by atoms with Gasteiger partial charge in [-0.05, 0) is 64.4 Å². The van der Waals surface area contributed by atoms with Crippen LogP contribution in [-0.2, 0) is 6.42 Å². The summed E-state index contributed by atoms with van der Waals surface area (Å²) in [6.45, 7) is 0. The maximum atomic E-state index is 6.23. The first-order chi connectivity index (χ1) is 8.69. The van der Waals surface area contributed by atoms with Crippen molar-refractivity contribution in [2.45, 2.75) is 12.5 Å². The summed E-state index contributed by atoms with van der Waals surface area (Å²) in [4.78, 5) is 0. The van der Waals surface area contributed by atoms with Gasteiger partial charge in [0.2, 0.25) is 0 Å². The Bertz CT molecular complexity index is 510. The number of nitrogens with two attached hydrogens (primary N) is 1. The van der Waals surface area contributed by atoms with Crippen molar-refractivity contribution in [2.24, 2.45) is 5.73 Å². The zero-order chi connectivity index (χ0) is 13.0. The fourth-order valence-corrected chi connectivity index (χ4v) is 2.24. The molecule has 0 heterocycles. The van der Waals surface area contributed by atoms with Gasteiger partial charge in [-0.2, -0.15) is 0 Å². The molecule has 18 heavy (non-hydrogen) atoms. The number of ether oxygens (including phenoxy) is 1. The third-order valence-electron chi connectivity index (χ3n) is 2.89. The molecule has 0 aromatic heterocycles. The van der Waals surface area contributed by atoms with Crippen molar-refractivity contribution in [3.05, 3.63) is 63.2 Å². The Kier molecular flexibility index (Phi) is 4.60. The van der Waals surface area contributed by atoms with Gasteiger partial charge in [-0.3, -0.25) is 0 Å². The largest absolute Gasteiger partial charge is 0.497 e. The summed E-state index contributed by atoms with van der Waals surface area (Å²) in [5.74, 6) is 0.877. The minimum Gasteiger partial charge on any atom is -0.497 e. The van der Waals surface area contributed by atoms with Crippen LogP contribution in [0.15, 0.2) is 48.5 Å². The average Bonchev–Trinajstić information content (AvgIpc) is 2.39. The monoisotopic (exact) mass is 353 g/mol. The molecular formula is C15H16INO. The Hall–Kier alpha value is -1.07. The van der Waals surface area contributed by atoms with Gasteiger partial charge in [0.05, 0.1) is 7.11 Å².